The minimum absolute atomic E-state index is 0.156. The summed E-state index contributed by atoms with van der Waals surface area (Å²) >= 11 is 0. The number of hydrogen-bond donors (Lipinski definition) is 1. The van der Waals surface area contributed by atoms with Crippen LogP contribution in [0.4, 0.5) is 4.39 Å². The van der Waals surface area contributed by atoms with Crippen molar-refractivity contribution in [3.63, 3.8) is 0 Å². The Labute approximate surface area is 129 Å². The number of methoxy groups -OCH3 is 1. The molecule has 3 heteroatoms. The standard InChI is InChI=1S/C18H30FNO/c1-3-4-5-6-7-17(15-20-12-13-21-2)14-16-8-10-18(19)11-9-16/h8-11,17,20H,3-7,12-15H2,1-2H3. The lowest BCUT2D eigenvalue weighted by molar-refractivity contribution is 0.197. The fourth-order valence-corrected chi connectivity index (χ4v) is 2.57. The Balaban J connectivity index is 2.39. The van der Waals surface area contributed by atoms with Gasteiger partial charge in [-0.25, -0.2) is 4.39 Å². The van der Waals surface area contributed by atoms with Crippen LogP contribution in [0, 0.1) is 11.7 Å². The number of nitrogens with one attached hydrogen (secondary N) is 1. The van der Waals surface area contributed by atoms with E-state index in [0.29, 0.717) is 5.92 Å². The second kappa shape index (κ2) is 11.7. The van der Waals surface area contributed by atoms with Gasteiger partial charge in [-0.05, 0) is 43.0 Å². The first kappa shape index (κ1) is 18.1. The van der Waals surface area contributed by atoms with Crippen molar-refractivity contribution in [3.05, 3.63) is 35.6 Å². The molecule has 0 aromatic heterocycles. The molecule has 1 N–H and O–H groups in total. The Morgan fingerprint density at radius 3 is 2.57 bits per heavy atom. The average molecular weight is 295 g/mol. The summed E-state index contributed by atoms with van der Waals surface area (Å²) in [5.74, 6) is 0.459. The van der Waals surface area contributed by atoms with Crippen LogP contribution in [-0.2, 0) is 11.2 Å². The fourth-order valence-electron chi connectivity index (χ4n) is 2.57. The van der Waals surface area contributed by atoms with Gasteiger partial charge in [0.15, 0.2) is 0 Å². The van der Waals surface area contributed by atoms with E-state index in [9.17, 15) is 4.39 Å². The number of ether oxygens (including phenoxy) is 1. The molecule has 1 rings (SSSR count). The second-order valence-electron chi connectivity index (χ2n) is 5.74. The van der Waals surface area contributed by atoms with Crippen LogP contribution in [0.2, 0.25) is 0 Å². The van der Waals surface area contributed by atoms with Crippen molar-refractivity contribution in [2.75, 3.05) is 26.8 Å². The van der Waals surface area contributed by atoms with E-state index in [2.05, 4.69) is 12.2 Å². The highest BCUT2D eigenvalue weighted by atomic mass is 19.1. The Bertz CT molecular complexity index is 341. The molecule has 1 aromatic rings. The lowest BCUT2D eigenvalue weighted by Crippen LogP contribution is -2.27. The highest BCUT2D eigenvalue weighted by molar-refractivity contribution is 5.16. The van der Waals surface area contributed by atoms with Crippen molar-refractivity contribution >= 4 is 0 Å². The van der Waals surface area contributed by atoms with Crippen molar-refractivity contribution in [2.45, 2.75) is 45.4 Å². The van der Waals surface area contributed by atoms with E-state index >= 15 is 0 Å². The van der Waals surface area contributed by atoms with E-state index in [-0.39, 0.29) is 5.82 Å². The predicted octanol–water partition coefficient (Wildman–Crippen LogP) is 4.19. The quantitative estimate of drug-likeness (QED) is 0.584. The molecule has 0 heterocycles. The first-order valence-electron chi connectivity index (χ1n) is 8.20. The maximum Gasteiger partial charge on any atom is 0.123 e. The molecule has 0 amide bonds. The van der Waals surface area contributed by atoms with Gasteiger partial charge in [-0.3, -0.25) is 0 Å². The Hall–Kier alpha value is -0.930. The number of hydrogen-bond acceptors (Lipinski definition) is 2. The molecule has 0 spiro atoms. The molecular formula is C18H30FNO. The molecule has 0 aliphatic carbocycles. The van der Waals surface area contributed by atoms with E-state index in [1.54, 1.807) is 19.2 Å². The summed E-state index contributed by atoms with van der Waals surface area (Å²) in [6.45, 7) is 4.89. The van der Waals surface area contributed by atoms with E-state index in [0.717, 1.165) is 26.1 Å². The molecular weight excluding hydrogens is 265 g/mol. The van der Waals surface area contributed by atoms with Crippen molar-refractivity contribution in [3.8, 4) is 0 Å². The summed E-state index contributed by atoms with van der Waals surface area (Å²) in [4.78, 5) is 0. The molecule has 0 bridgehead atoms. The van der Waals surface area contributed by atoms with Crippen molar-refractivity contribution in [2.24, 2.45) is 5.92 Å². The Morgan fingerprint density at radius 1 is 1.14 bits per heavy atom. The molecule has 0 fully saturated rings. The smallest absolute Gasteiger partial charge is 0.123 e. The molecule has 0 saturated carbocycles. The zero-order chi connectivity index (χ0) is 15.3. The normalized spacial score (nSPS) is 12.5. The van der Waals surface area contributed by atoms with E-state index in [4.69, 9.17) is 4.74 Å². The van der Waals surface area contributed by atoms with Crippen molar-refractivity contribution in [1.29, 1.82) is 0 Å². The monoisotopic (exact) mass is 295 g/mol. The van der Waals surface area contributed by atoms with Gasteiger partial charge in [-0.15, -0.1) is 0 Å². The van der Waals surface area contributed by atoms with Crippen LogP contribution in [0.15, 0.2) is 24.3 Å². The summed E-state index contributed by atoms with van der Waals surface area (Å²) in [6, 6.07) is 6.93. The molecule has 0 aliphatic heterocycles. The number of unbranched alkanes of at least 4 members (excludes halogenated alkanes) is 3. The summed E-state index contributed by atoms with van der Waals surface area (Å²) in [5.41, 5.74) is 1.23. The number of halogens is 1. The third-order valence-corrected chi connectivity index (χ3v) is 3.82. The molecule has 120 valence electrons. The zero-order valence-corrected chi connectivity index (χ0v) is 13.5. The van der Waals surface area contributed by atoms with Gasteiger partial charge in [0.2, 0.25) is 0 Å². The Morgan fingerprint density at radius 2 is 1.90 bits per heavy atom. The first-order valence-corrected chi connectivity index (χ1v) is 8.20. The fraction of sp³-hybridized carbons (Fsp3) is 0.667. The lowest BCUT2D eigenvalue weighted by Gasteiger charge is -2.18. The largest absolute Gasteiger partial charge is 0.383 e. The van der Waals surface area contributed by atoms with Crippen LogP contribution >= 0.6 is 0 Å². The molecule has 0 radical (unpaired) electrons. The molecule has 2 nitrogen and oxygen atoms in total. The van der Waals surface area contributed by atoms with Crippen LogP contribution in [-0.4, -0.2) is 26.8 Å². The number of benzene rings is 1. The van der Waals surface area contributed by atoms with Gasteiger partial charge in [0, 0.05) is 13.7 Å². The van der Waals surface area contributed by atoms with Gasteiger partial charge in [0.1, 0.15) is 5.82 Å². The van der Waals surface area contributed by atoms with Gasteiger partial charge in [0.25, 0.3) is 0 Å². The number of rotatable bonds is 12. The van der Waals surface area contributed by atoms with Gasteiger partial charge >= 0.3 is 0 Å². The van der Waals surface area contributed by atoms with E-state index in [1.165, 1.54) is 37.7 Å². The van der Waals surface area contributed by atoms with Gasteiger partial charge in [0.05, 0.1) is 6.61 Å². The maximum absolute atomic E-state index is 13.0. The second-order valence-corrected chi connectivity index (χ2v) is 5.74. The van der Waals surface area contributed by atoms with E-state index in [1.807, 2.05) is 12.1 Å². The summed E-state index contributed by atoms with van der Waals surface area (Å²) in [7, 11) is 1.72. The minimum Gasteiger partial charge on any atom is -0.383 e. The zero-order valence-electron chi connectivity index (χ0n) is 13.5. The van der Waals surface area contributed by atoms with Crippen molar-refractivity contribution in [1.82, 2.24) is 5.32 Å². The molecule has 21 heavy (non-hydrogen) atoms. The molecule has 1 unspecified atom stereocenters. The lowest BCUT2D eigenvalue weighted by atomic mass is 9.93. The SMILES string of the molecule is CCCCCCC(CNCCOC)Cc1ccc(F)cc1. The van der Waals surface area contributed by atoms with Crippen LogP contribution in [0.3, 0.4) is 0 Å². The maximum atomic E-state index is 13.0. The summed E-state index contributed by atoms with van der Waals surface area (Å²) in [5, 5.41) is 3.46. The topological polar surface area (TPSA) is 21.3 Å². The Kier molecular flexibility index (Phi) is 10.1. The van der Waals surface area contributed by atoms with Gasteiger partial charge < -0.3 is 10.1 Å². The first-order chi connectivity index (χ1) is 10.3. The van der Waals surface area contributed by atoms with Crippen molar-refractivity contribution < 1.29 is 9.13 Å². The molecule has 0 aliphatic rings. The third kappa shape index (κ3) is 8.84. The third-order valence-electron chi connectivity index (χ3n) is 3.82. The minimum atomic E-state index is -0.156. The predicted molar refractivity (Wildman–Crippen MR) is 87.1 cm³/mol. The highest BCUT2D eigenvalue weighted by Gasteiger charge is 2.09. The van der Waals surface area contributed by atoms with Gasteiger partial charge in [-0.1, -0.05) is 44.7 Å². The molecule has 1 atom stereocenters. The summed E-state index contributed by atoms with van der Waals surface area (Å²) in [6.07, 6.45) is 7.44. The van der Waals surface area contributed by atoms with E-state index < -0.39 is 0 Å². The highest BCUT2D eigenvalue weighted by Crippen LogP contribution is 2.16. The average Bonchev–Trinajstić information content (AvgIpc) is 2.50. The molecule has 1 aromatic carbocycles. The van der Waals surface area contributed by atoms with Crippen LogP contribution in [0.1, 0.15) is 44.6 Å². The summed E-state index contributed by atoms with van der Waals surface area (Å²) < 4.78 is 18.0. The van der Waals surface area contributed by atoms with Crippen LogP contribution in [0.25, 0.3) is 0 Å². The molecule has 0 saturated heterocycles. The van der Waals surface area contributed by atoms with Crippen LogP contribution < -0.4 is 5.32 Å². The van der Waals surface area contributed by atoms with Gasteiger partial charge in [-0.2, -0.15) is 0 Å². The van der Waals surface area contributed by atoms with Crippen LogP contribution in [0.5, 0.6) is 0 Å².